The molecule has 0 bridgehead atoms. The number of aromatic nitrogens is 1. The number of carbonyl (C=O) groups excluding carboxylic acids is 3. The molecule has 2 heterocycles. The average Bonchev–Trinajstić information content (AvgIpc) is 3.21. The predicted molar refractivity (Wildman–Crippen MR) is 129 cm³/mol. The third-order valence-corrected chi connectivity index (χ3v) is 6.73. The summed E-state index contributed by atoms with van der Waals surface area (Å²) in [4.78, 5) is 45.6. The van der Waals surface area contributed by atoms with Gasteiger partial charge in [-0.1, -0.05) is 48.5 Å². The largest absolute Gasteiger partial charge is 0.461 e. The molecule has 2 aromatic carbocycles. The number of thiazole rings is 1. The molecule has 34 heavy (non-hydrogen) atoms. The summed E-state index contributed by atoms with van der Waals surface area (Å²) in [5, 5.41) is 0.373. The van der Waals surface area contributed by atoms with Crippen LogP contribution in [0.5, 0.6) is 0 Å². The number of anilines is 1. The second kappa shape index (κ2) is 9.77. The normalized spacial score (nSPS) is 17.0. The topological polar surface area (TPSA) is 85.8 Å². The Hall–Kier alpha value is -3.52. The average molecular weight is 479 g/mol. The lowest BCUT2D eigenvalue weighted by atomic mass is 9.89. The van der Waals surface area contributed by atoms with E-state index in [-0.39, 0.29) is 24.6 Å². The fraction of sp³-hybridized carbons (Fsp3) is 0.308. The van der Waals surface area contributed by atoms with Crippen LogP contribution in [0.15, 0.2) is 54.6 Å². The molecule has 3 aromatic rings. The molecule has 0 aliphatic carbocycles. The SMILES string of the molecule is CCOC(=O)c1nc(N(CCc2ccccc2)C(=O)C2(C)Cc3ccccc3C(=O)O2)sc1C. The van der Waals surface area contributed by atoms with E-state index in [2.05, 4.69) is 4.98 Å². The maximum atomic E-state index is 13.9. The summed E-state index contributed by atoms with van der Waals surface area (Å²) in [6.45, 7) is 5.67. The van der Waals surface area contributed by atoms with Crippen LogP contribution < -0.4 is 4.90 Å². The summed E-state index contributed by atoms with van der Waals surface area (Å²) >= 11 is 1.24. The number of esters is 2. The summed E-state index contributed by atoms with van der Waals surface area (Å²) in [6, 6.07) is 16.9. The van der Waals surface area contributed by atoms with Crippen LogP contribution in [-0.2, 0) is 27.1 Å². The lowest BCUT2D eigenvalue weighted by Gasteiger charge is -2.36. The first kappa shape index (κ1) is 23.6. The minimum Gasteiger partial charge on any atom is -0.461 e. The number of carbonyl (C=O) groups is 3. The number of amides is 1. The Balaban J connectivity index is 1.68. The van der Waals surface area contributed by atoms with Gasteiger partial charge < -0.3 is 9.47 Å². The number of hydrogen-bond donors (Lipinski definition) is 0. The van der Waals surface area contributed by atoms with Crippen molar-refractivity contribution >= 4 is 34.3 Å². The molecule has 1 amide bonds. The molecule has 1 unspecified atom stereocenters. The molecule has 1 aliphatic rings. The van der Waals surface area contributed by atoms with Crippen molar-refractivity contribution < 1.29 is 23.9 Å². The smallest absolute Gasteiger partial charge is 0.358 e. The van der Waals surface area contributed by atoms with Crippen molar-refractivity contribution in [2.45, 2.75) is 39.2 Å². The van der Waals surface area contributed by atoms with Crippen molar-refractivity contribution in [1.29, 1.82) is 0 Å². The third-order valence-electron chi connectivity index (χ3n) is 5.73. The number of cyclic esters (lactones) is 1. The van der Waals surface area contributed by atoms with E-state index in [1.54, 1.807) is 32.9 Å². The lowest BCUT2D eigenvalue weighted by Crippen LogP contribution is -2.54. The van der Waals surface area contributed by atoms with Crippen LogP contribution in [0.1, 0.15) is 50.7 Å². The number of fused-ring (bicyclic) bond motifs is 1. The summed E-state index contributed by atoms with van der Waals surface area (Å²) in [5.41, 5.74) is 1.08. The maximum absolute atomic E-state index is 13.9. The molecule has 176 valence electrons. The molecular formula is C26H26N2O5S. The van der Waals surface area contributed by atoms with Crippen molar-refractivity contribution in [3.8, 4) is 0 Å². The Morgan fingerprint density at radius 1 is 1.15 bits per heavy atom. The Bertz CT molecular complexity index is 1220. The molecule has 0 saturated carbocycles. The van der Waals surface area contributed by atoms with Gasteiger partial charge in [0, 0.05) is 17.8 Å². The zero-order valence-corrected chi connectivity index (χ0v) is 20.2. The van der Waals surface area contributed by atoms with E-state index >= 15 is 0 Å². The number of nitrogens with zero attached hydrogens (tertiary/aromatic N) is 2. The number of aryl methyl sites for hydroxylation is 1. The summed E-state index contributed by atoms with van der Waals surface area (Å²) in [7, 11) is 0. The number of rotatable bonds is 7. The highest BCUT2D eigenvalue weighted by atomic mass is 32.1. The van der Waals surface area contributed by atoms with Crippen LogP contribution in [0, 0.1) is 6.92 Å². The van der Waals surface area contributed by atoms with E-state index < -0.39 is 17.5 Å². The zero-order valence-electron chi connectivity index (χ0n) is 19.4. The van der Waals surface area contributed by atoms with Crippen LogP contribution in [0.25, 0.3) is 0 Å². The van der Waals surface area contributed by atoms with Gasteiger partial charge in [-0.3, -0.25) is 9.69 Å². The molecule has 7 nitrogen and oxygen atoms in total. The van der Waals surface area contributed by atoms with Crippen LogP contribution in [0.3, 0.4) is 0 Å². The Morgan fingerprint density at radius 3 is 2.59 bits per heavy atom. The van der Waals surface area contributed by atoms with Gasteiger partial charge in [0.25, 0.3) is 5.91 Å². The maximum Gasteiger partial charge on any atom is 0.358 e. The monoisotopic (exact) mass is 478 g/mol. The Morgan fingerprint density at radius 2 is 1.85 bits per heavy atom. The van der Waals surface area contributed by atoms with Crippen molar-refractivity contribution in [2.75, 3.05) is 18.1 Å². The first-order chi connectivity index (χ1) is 16.3. The molecule has 1 aliphatic heterocycles. The van der Waals surface area contributed by atoms with E-state index in [1.165, 1.54) is 16.2 Å². The molecule has 0 saturated heterocycles. The van der Waals surface area contributed by atoms with E-state index in [9.17, 15) is 14.4 Å². The van der Waals surface area contributed by atoms with Crippen molar-refractivity contribution in [2.24, 2.45) is 0 Å². The summed E-state index contributed by atoms with van der Waals surface area (Å²) in [6.07, 6.45) is 0.825. The molecular weight excluding hydrogens is 452 g/mol. The van der Waals surface area contributed by atoms with E-state index in [4.69, 9.17) is 9.47 Å². The molecule has 4 rings (SSSR count). The molecule has 0 spiro atoms. The van der Waals surface area contributed by atoms with Gasteiger partial charge in [-0.05, 0) is 44.4 Å². The van der Waals surface area contributed by atoms with Gasteiger partial charge in [0.05, 0.1) is 12.2 Å². The van der Waals surface area contributed by atoms with Crippen LogP contribution in [0.2, 0.25) is 0 Å². The van der Waals surface area contributed by atoms with Gasteiger partial charge in [-0.25, -0.2) is 14.6 Å². The molecule has 0 fully saturated rings. The van der Waals surface area contributed by atoms with E-state index in [1.807, 2.05) is 42.5 Å². The van der Waals surface area contributed by atoms with Gasteiger partial charge in [0.2, 0.25) is 0 Å². The van der Waals surface area contributed by atoms with Crippen LogP contribution >= 0.6 is 11.3 Å². The Kier molecular flexibility index (Phi) is 6.79. The standard InChI is InChI=1S/C26H26N2O5S/c1-4-32-23(30)21-17(2)34-25(27-21)28(15-14-18-10-6-5-7-11-18)24(31)26(3)16-19-12-8-9-13-20(19)22(29)33-26/h5-13H,4,14-16H2,1-3H3. The number of ether oxygens (including phenoxy) is 2. The highest BCUT2D eigenvalue weighted by Crippen LogP contribution is 2.33. The predicted octanol–water partition coefficient (Wildman–Crippen LogP) is 4.38. The first-order valence-electron chi connectivity index (χ1n) is 11.1. The van der Waals surface area contributed by atoms with Crippen molar-refractivity contribution in [3.63, 3.8) is 0 Å². The van der Waals surface area contributed by atoms with E-state index in [0.29, 0.717) is 28.5 Å². The summed E-state index contributed by atoms with van der Waals surface area (Å²) < 4.78 is 10.8. The molecule has 1 atom stereocenters. The number of benzene rings is 2. The molecule has 0 radical (unpaired) electrons. The van der Waals surface area contributed by atoms with Gasteiger partial charge >= 0.3 is 11.9 Å². The van der Waals surface area contributed by atoms with Crippen LogP contribution in [-0.4, -0.2) is 41.6 Å². The third kappa shape index (κ3) is 4.72. The van der Waals surface area contributed by atoms with Crippen molar-refractivity contribution in [3.05, 3.63) is 81.9 Å². The van der Waals surface area contributed by atoms with Crippen molar-refractivity contribution in [1.82, 2.24) is 4.98 Å². The highest BCUT2D eigenvalue weighted by molar-refractivity contribution is 7.16. The highest BCUT2D eigenvalue weighted by Gasteiger charge is 2.46. The molecule has 8 heteroatoms. The quantitative estimate of drug-likeness (QED) is 0.469. The van der Waals surface area contributed by atoms with Gasteiger partial charge in [0.1, 0.15) is 0 Å². The number of hydrogen-bond acceptors (Lipinski definition) is 7. The van der Waals surface area contributed by atoms with E-state index in [0.717, 1.165) is 11.1 Å². The minimum atomic E-state index is -1.40. The second-order valence-corrected chi connectivity index (χ2v) is 9.45. The van der Waals surface area contributed by atoms with Crippen LogP contribution in [0.4, 0.5) is 5.13 Å². The lowest BCUT2D eigenvalue weighted by molar-refractivity contribution is -0.136. The minimum absolute atomic E-state index is 0.190. The summed E-state index contributed by atoms with van der Waals surface area (Å²) in [5.74, 6) is -1.43. The fourth-order valence-electron chi connectivity index (χ4n) is 3.99. The molecule has 0 N–H and O–H groups in total. The Labute approximate surface area is 202 Å². The molecule has 1 aromatic heterocycles. The van der Waals surface area contributed by atoms with Gasteiger partial charge in [-0.2, -0.15) is 0 Å². The first-order valence-corrected chi connectivity index (χ1v) is 12.0. The second-order valence-electron chi connectivity index (χ2n) is 8.27. The van der Waals surface area contributed by atoms with Gasteiger partial charge in [-0.15, -0.1) is 11.3 Å². The fourth-order valence-corrected chi connectivity index (χ4v) is 4.91. The zero-order chi connectivity index (χ0) is 24.3. The van der Waals surface area contributed by atoms with Gasteiger partial charge in [0.15, 0.2) is 16.4 Å².